The topological polar surface area (TPSA) is 113 Å². The number of fused-ring (bicyclic) bond motifs is 1. The molecular weight excluding hydrogens is 460 g/mol. The lowest BCUT2D eigenvalue weighted by molar-refractivity contribution is -0.127. The van der Waals surface area contributed by atoms with Crippen molar-refractivity contribution in [2.45, 2.75) is 13.0 Å². The number of amides is 2. The molecule has 3 aromatic rings. The number of ether oxygens (including phenoxy) is 1. The summed E-state index contributed by atoms with van der Waals surface area (Å²) in [6, 6.07) is 17.1. The molecule has 1 unspecified atom stereocenters. The van der Waals surface area contributed by atoms with Crippen LogP contribution in [-0.2, 0) is 9.59 Å². The van der Waals surface area contributed by atoms with Gasteiger partial charge in [0.05, 0.1) is 16.9 Å². The second-order valence-corrected chi connectivity index (χ2v) is 8.04. The van der Waals surface area contributed by atoms with Gasteiger partial charge in [-0.1, -0.05) is 41.9 Å². The summed E-state index contributed by atoms with van der Waals surface area (Å²) in [5.41, 5.74) is 0.977. The Labute approximate surface area is 199 Å². The van der Waals surface area contributed by atoms with E-state index in [4.69, 9.17) is 16.3 Å². The number of anilines is 2. The van der Waals surface area contributed by atoms with Crippen molar-refractivity contribution in [1.82, 2.24) is 0 Å². The van der Waals surface area contributed by atoms with Crippen molar-refractivity contribution in [3.63, 3.8) is 0 Å². The highest BCUT2D eigenvalue weighted by Crippen LogP contribution is 2.35. The van der Waals surface area contributed by atoms with Crippen LogP contribution in [0.2, 0.25) is 5.02 Å². The summed E-state index contributed by atoms with van der Waals surface area (Å²) in [6.45, 7) is 1.13. The van der Waals surface area contributed by atoms with Crippen LogP contribution in [0.25, 0.3) is 0 Å². The number of halogens is 1. The van der Waals surface area contributed by atoms with Crippen LogP contribution in [-0.4, -0.2) is 41.3 Å². The number of carbonyl (C=O) groups excluding carboxylic acids is 3. The van der Waals surface area contributed by atoms with Crippen LogP contribution < -0.4 is 15.0 Å². The number of nitrogens with one attached hydrogen (secondary N) is 1. The van der Waals surface area contributed by atoms with E-state index in [1.165, 1.54) is 48.2 Å². The van der Waals surface area contributed by atoms with Gasteiger partial charge in [0, 0.05) is 16.1 Å². The molecule has 2 amide bonds. The Morgan fingerprint density at radius 1 is 1.03 bits per heavy atom. The highest BCUT2D eigenvalue weighted by Gasteiger charge is 2.33. The minimum absolute atomic E-state index is 0.0523. The molecule has 34 heavy (non-hydrogen) atoms. The van der Waals surface area contributed by atoms with E-state index in [-0.39, 0.29) is 34.0 Å². The van der Waals surface area contributed by atoms with Gasteiger partial charge in [-0.2, -0.15) is 0 Å². The molecule has 1 heterocycles. The third-order valence-corrected chi connectivity index (χ3v) is 5.49. The maximum Gasteiger partial charge on any atom is 0.335 e. The first kappa shape index (κ1) is 23.0. The van der Waals surface area contributed by atoms with Crippen LogP contribution in [0, 0.1) is 0 Å². The number of hydrogen-bond donors (Lipinski definition) is 2. The van der Waals surface area contributed by atoms with Gasteiger partial charge in [0.1, 0.15) is 12.3 Å². The van der Waals surface area contributed by atoms with E-state index in [0.29, 0.717) is 10.6 Å². The van der Waals surface area contributed by atoms with E-state index in [2.05, 4.69) is 5.32 Å². The Bertz CT molecular complexity index is 1310. The predicted octanol–water partition coefficient (Wildman–Crippen LogP) is 4.02. The zero-order valence-electron chi connectivity index (χ0n) is 17.9. The van der Waals surface area contributed by atoms with Crippen molar-refractivity contribution >= 4 is 46.5 Å². The summed E-state index contributed by atoms with van der Waals surface area (Å²) in [5, 5.41) is 12.3. The van der Waals surface area contributed by atoms with E-state index in [1.807, 2.05) is 0 Å². The normalized spacial score (nSPS) is 14.7. The number of aromatic carboxylic acids is 1. The van der Waals surface area contributed by atoms with Crippen LogP contribution in [0.1, 0.15) is 33.2 Å². The van der Waals surface area contributed by atoms with Gasteiger partial charge in [-0.3, -0.25) is 19.3 Å². The zero-order valence-corrected chi connectivity index (χ0v) is 18.7. The Hall–Kier alpha value is -4.17. The molecule has 9 heteroatoms. The van der Waals surface area contributed by atoms with Gasteiger partial charge in [-0.05, 0) is 43.3 Å². The first-order valence-electron chi connectivity index (χ1n) is 10.3. The second kappa shape index (κ2) is 9.36. The molecule has 0 aliphatic carbocycles. The summed E-state index contributed by atoms with van der Waals surface area (Å²) in [4.78, 5) is 51.3. The number of carbonyl (C=O) groups is 4. The molecule has 1 aliphatic heterocycles. The molecule has 0 spiro atoms. The number of nitrogens with zero attached hydrogens (tertiary/aromatic N) is 1. The number of benzene rings is 3. The SMILES string of the molecule is CC1Oc2ccc(C(=O)O)cc2N(CC(=O)Nc2ccc(Cl)cc2C(=O)c2ccccc2)C1=O. The molecule has 0 radical (unpaired) electrons. The summed E-state index contributed by atoms with van der Waals surface area (Å²) < 4.78 is 5.55. The molecule has 0 saturated heterocycles. The highest BCUT2D eigenvalue weighted by molar-refractivity contribution is 6.31. The maximum absolute atomic E-state index is 13.0. The first-order valence-corrected chi connectivity index (χ1v) is 10.7. The summed E-state index contributed by atoms with van der Waals surface area (Å²) in [6.07, 6.45) is -0.860. The lowest BCUT2D eigenvalue weighted by Crippen LogP contribution is -2.47. The lowest BCUT2D eigenvalue weighted by atomic mass is 10.0. The molecule has 3 aromatic carbocycles. The summed E-state index contributed by atoms with van der Waals surface area (Å²) in [5.74, 6) is -2.30. The summed E-state index contributed by atoms with van der Waals surface area (Å²) >= 11 is 6.09. The van der Waals surface area contributed by atoms with E-state index >= 15 is 0 Å². The van der Waals surface area contributed by atoms with Gasteiger partial charge in [-0.15, -0.1) is 0 Å². The van der Waals surface area contributed by atoms with Crippen LogP contribution in [0.4, 0.5) is 11.4 Å². The van der Waals surface area contributed by atoms with Crippen molar-refractivity contribution in [2.24, 2.45) is 0 Å². The van der Waals surface area contributed by atoms with Crippen molar-refractivity contribution < 1.29 is 29.0 Å². The number of carboxylic acid groups (broad SMARTS) is 1. The first-order chi connectivity index (χ1) is 16.2. The van der Waals surface area contributed by atoms with E-state index in [9.17, 15) is 24.3 Å². The minimum atomic E-state index is -1.18. The van der Waals surface area contributed by atoms with Crippen molar-refractivity contribution in [3.05, 3.63) is 88.4 Å². The van der Waals surface area contributed by atoms with Crippen LogP contribution in [0.15, 0.2) is 66.7 Å². The Kier molecular flexibility index (Phi) is 6.34. The predicted molar refractivity (Wildman–Crippen MR) is 126 cm³/mol. The zero-order chi connectivity index (χ0) is 24.4. The number of hydrogen-bond acceptors (Lipinski definition) is 5. The second-order valence-electron chi connectivity index (χ2n) is 7.61. The molecule has 0 aromatic heterocycles. The Morgan fingerprint density at radius 2 is 1.76 bits per heavy atom. The smallest absolute Gasteiger partial charge is 0.335 e. The monoisotopic (exact) mass is 478 g/mol. The minimum Gasteiger partial charge on any atom is -0.479 e. The third-order valence-electron chi connectivity index (χ3n) is 5.25. The Morgan fingerprint density at radius 3 is 2.47 bits per heavy atom. The fourth-order valence-corrected chi connectivity index (χ4v) is 3.77. The van der Waals surface area contributed by atoms with Crippen LogP contribution >= 0.6 is 11.6 Å². The van der Waals surface area contributed by atoms with Crippen molar-refractivity contribution in [2.75, 3.05) is 16.8 Å². The number of carboxylic acids is 1. The van der Waals surface area contributed by atoms with Crippen molar-refractivity contribution in [3.8, 4) is 5.75 Å². The number of rotatable bonds is 6. The standard InChI is InChI=1S/C25H19ClN2O6/c1-14-24(31)28(20-11-16(25(32)33)7-10-21(20)34-14)13-22(29)27-19-9-8-17(26)12-18(19)23(30)15-5-3-2-4-6-15/h2-12,14H,13H2,1H3,(H,27,29)(H,32,33). The lowest BCUT2D eigenvalue weighted by Gasteiger charge is -2.32. The van der Waals surface area contributed by atoms with Gasteiger partial charge in [0.15, 0.2) is 11.9 Å². The fraction of sp³-hybridized carbons (Fsp3) is 0.120. The molecule has 0 bridgehead atoms. The fourth-order valence-electron chi connectivity index (χ4n) is 3.59. The molecule has 0 saturated carbocycles. The van der Waals surface area contributed by atoms with Gasteiger partial charge in [0.25, 0.3) is 5.91 Å². The molecule has 1 atom stereocenters. The molecular formula is C25H19ClN2O6. The van der Waals surface area contributed by atoms with Crippen LogP contribution in [0.5, 0.6) is 5.75 Å². The molecule has 0 fully saturated rings. The van der Waals surface area contributed by atoms with E-state index < -0.39 is 30.4 Å². The maximum atomic E-state index is 13.0. The molecule has 1 aliphatic rings. The average Bonchev–Trinajstić information content (AvgIpc) is 2.83. The molecule has 8 nitrogen and oxygen atoms in total. The van der Waals surface area contributed by atoms with Crippen LogP contribution in [0.3, 0.4) is 0 Å². The quantitative estimate of drug-likeness (QED) is 0.517. The number of ketones is 1. The van der Waals surface area contributed by atoms with Crippen molar-refractivity contribution in [1.29, 1.82) is 0 Å². The molecule has 4 rings (SSSR count). The van der Waals surface area contributed by atoms with E-state index in [1.54, 1.807) is 30.3 Å². The molecule has 2 N–H and O–H groups in total. The van der Waals surface area contributed by atoms with Gasteiger partial charge in [0.2, 0.25) is 5.91 Å². The van der Waals surface area contributed by atoms with Gasteiger partial charge in [-0.25, -0.2) is 4.79 Å². The van der Waals surface area contributed by atoms with Gasteiger partial charge < -0.3 is 15.2 Å². The third kappa shape index (κ3) is 4.62. The largest absolute Gasteiger partial charge is 0.479 e. The average molecular weight is 479 g/mol. The van der Waals surface area contributed by atoms with Gasteiger partial charge >= 0.3 is 5.97 Å². The highest BCUT2D eigenvalue weighted by atomic mass is 35.5. The molecule has 172 valence electrons. The van der Waals surface area contributed by atoms with E-state index in [0.717, 1.165) is 0 Å². The summed E-state index contributed by atoms with van der Waals surface area (Å²) in [7, 11) is 0. The Balaban J connectivity index is 1.62.